The summed E-state index contributed by atoms with van der Waals surface area (Å²) in [7, 11) is 0. The van der Waals surface area contributed by atoms with E-state index in [-0.39, 0.29) is 11.5 Å². The number of nitrogens with one attached hydrogen (secondary N) is 1. The SMILES string of the molecule is O=C(O)c1ccc(CC[C@@H](/C=C/c2ccccc2OCc2ccc(-c3ccc(C(F)(F)F)cc3)cc2)Cc2ccc(-c3noc(=O)[nH]3)cc2)cc1. The molecular formula is C41H33F3N2O5. The summed E-state index contributed by atoms with van der Waals surface area (Å²) in [6.07, 6.45) is 2.11. The summed E-state index contributed by atoms with van der Waals surface area (Å²) in [6, 6.07) is 35.0. The number of hydrogen-bond donors (Lipinski definition) is 2. The van der Waals surface area contributed by atoms with Gasteiger partial charge in [0, 0.05) is 11.1 Å². The molecule has 0 saturated carbocycles. The van der Waals surface area contributed by atoms with E-state index in [2.05, 4.69) is 26.8 Å². The highest BCUT2D eigenvalue weighted by Gasteiger charge is 2.30. The first-order chi connectivity index (χ1) is 24.6. The highest BCUT2D eigenvalue weighted by molar-refractivity contribution is 5.87. The minimum Gasteiger partial charge on any atom is -0.488 e. The lowest BCUT2D eigenvalue weighted by Gasteiger charge is -2.15. The Morgan fingerprint density at radius 3 is 2.04 bits per heavy atom. The molecule has 1 aromatic heterocycles. The molecule has 0 unspecified atom stereocenters. The monoisotopic (exact) mass is 690 g/mol. The van der Waals surface area contributed by atoms with Gasteiger partial charge in [0.1, 0.15) is 12.4 Å². The van der Waals surface area contributed by atoms with Gasteiger partial charge in [-0.15, -0.1) is 0 Å². The first-order valence-corrected chi connectivity index (χ1v) is 16.2. The number of alkyl halides is 3. The Labute approximate surface area is 291 Å². The van der Waals surface area contributed by atoms with Crippen LogP contribution in [-0.2, 0) is 25.6 Å². The second kappa shape index (κ2) is 15.6. The minimum absolute atomic E-state index is 0.118. The van der Waals surface area contributed by atoms with Crippen molar-refractivity contribution in [1.29, 1.82) is 0 Å². The molecule has 1 atom stereocenters. The van der Waals surface area contributed by atoms with Crippen LogP contribution in [0.4, 0.5) is 13.2 Å². The number of para-hydroxylation sites is 1. The van der Waals surface area contributed by atoms with Gasteiger partial charge in [-0.2, -0.15) is 13.2 Å². The van der Waals surface area contributed by atoms with E-state index in [0.29, 0.717) is 23.7 Å². The third-order valence-electron chi connectivity index (χ3n) is 8.53. The molecule has 0 aliphatic heterocycles. The number of hydrogen-bond acceptors (Lipinski definition) is 5. The molecule has 5 aromatic carbocycles. The Morgan fingerprint density at radius 2 is 1.41 bits per heavy atom. The van der Waals surface area contributed by atoms with E-state index >= 15 is 0 Å². The lowest BCUT2D eigenvalue weighted by atomic mass is 9.91. The van der Waals surface area contributed by atoms with Crippen LogP contribution in [0.25, 0.3) is 28.6 Å². The number of benzene rings is 5. The minimum atomic E-state index is -4.38. The van der Waals surface area contributed by atoms with Crippen LogP contribution >= 0.6 is 0 Å². The molecule has 0 saturated heterocycles. The molecular weight excluding hydrogens is 657 g/mol. The van der Waals surface area contributed by atoms with E-state index in [1.54, 1.807) is 12.1 Å². The number of ether oxygens (including phenoxy) is 1. The first kappa shape index (κ1) is 34.7. The third-order valence-corrected chi connectivity index (χ3v) is 8.53. The second-order valence-corrected chi connectivity index (χ2v) is 12.1. The standard InChI is InChI=1S/C41H33F3N2O5/c42-41(43,44)36-23-21-32(22-24-36)31-14-12-30(13-15-31)26-50-37-4-2-1-3-33(37)16-9-28(6-5-27-7-19-35(20-8-27)39(47)48)25-29-10-17-34(18-11-29)38-45-40(49)51-46-38/h1-4,7-24,28H,5-6,25-26H2,(H,47,48)(H,45,46,49)/b16-9+/t28-/m0/s1. The maximum atomic E-state index is 13.0. The third kappa shape index (κ3) is 9.30. The van der Waals surface area contributed by atoms with Crippen LogP contribution in [0.15, 0.2) is 137 Å². The van der Waals surface area contributed by atoms with Gasteiger partial charge in [-0.1, -0.05) is 108 Å². The van der Waals surface area contributed by atoms with E-state index in [0.717, 1.165) is 64.8 Å². The maximum absolute atomic E-state index is 13.0. The summed E-state index contributed by atoms with van der Waals surface area (Å²) in [5.74, 6) is -0.396. The predicted molar refractivity (Wildman–Crippen MR) is 188 cm³/mol. The fourth-order valence-corrected chi connectivity index (χ4v) is 5.68. The zero-order chi connectivity index (χ0) is 35.8. The number of carboxylic acids is 1. The summed E-state index contributed by atoms with van der Waals surface area (Å²) in [5.41, 5.74) is 5.74. The van der Waals surface area contributed by atoms with Crippen LogP contribution < -0.4 is 10.5 Å². The molecule has 2 N–H and O–H groups in total. The van der Waals surface area contributed by atoms with Gasteiger partial charge in [0.15, 0.2) is 5.82 Å². The van der Waals surface area contributed by atoms with Crippen LogP contribution in [-0.4, -0.2) is 21.2 Å². The van der Waals surface area contributed by atoms with Crippen LogP contribution in [0.5, 0.6) is 5.75 Å². The van der Waals surface area contributed by atoms with Crippen molar-refractivity contribution >= 4 is 12.0 Å². The van der Waals surface area contributed by atoms with Gasteiger partial charge in [-0.3, -0.25) is 9.51 Å². The molecule has 7 nitrogen and oxygen atoms in total. The van der Waals surface area contributed by atoms with Crippen LogP contribution in [0.3, 0.4) is 0 Å². The summed E-state index contributed by atoms with van der Waals surface area (Å²) < 4.78 is 49.7. The number of aromatic nitrogens is 2. The summed E-state index contributed by atoms with van der Waals surface area (Å²) in [4.78, 5) is 25.2. The molecule has 0 fully saturated rings. The topological polar surface area (TPSA) is 105 Å². The zero-order valence-electron chi connectivity index (χ0n) is 27.3. The number of aromatic carboxylic acids is 1. The molecule has 6 rings (SSSR count). The number of H-pyrrole nitrogens is 1. The predicted octanol–water partition coefficient (Wildman–Crippen LogP) is 9.50. The van der Waals surface area contributed by atoms with Gasteiger partial charge in [0.25, 0.3) is 0 Å². The highest BCUT2D eigenvalue weighted by Crippen LogP contribution is 2.31. The van der Waals surface area contributed by atoms with Crippen molar-refractivity contribution in [1.82, 2.24) is 10.1 Å². The van der Waals surface area contributed by atoms with Crippen molar-refractivity contribution in [2.75, 3.05) is 0 Å². The van der Waals surface area contributed by atoms with Crippen molar-refractivity contribution in [2.24, 2.45) is 5.92 Å². The number of aryl methyl sites for hydroxylation is 1. The Bertz CT molecular complexity index is 2150. The molecule has 0 aliphatic carbocycles. The molecule has 0 radical (unpaired) electrons. The Hall–Kier alpha value is -6.16. The van der Waals surface area contributed by atoms with Gasteiger partial charge >= 0.3 is 17.9 Å². The van der Waals surface area contributed by atoms with Crippen molar-refractivity contribution in [3.63, 3.8) is 0 Å². The fraction of sp³-hybridized carbons (Fsp3) is 0.146. The maximum Gasteiger partial charge on any atom is 0.439 e. The molecule has 6 aromatic rings. The van der Waals surface area contributed by atoms with Crippen LogP contribution in [0, 0.1) is 5.92 Å². The van der Waals surface area contributed by atoms with E-state index in [4.69, 9.17) is 4.74 Å². The largest absolute Gasteiger partial charge is 0.488 e. The molecule has 0 spiro atoms. The van der Waals surface area contributed by atoms with Gasteiger partial charge in [-0.25, -0.2) is 9.59 Å². The number of carboxylic acid groups (broad SMARTS) is 1. The Morgan fingerprint density at radius 1 is 0.804 bits per heavy atom. The molecule has 10 heteroatoms. The molecule has 0 bridgehead atoms. The number of allylic oxidation sites excluding steroid dienone is 1. The fourth-order valence-electron chi connectivity index (χ4n) is 5.68. The van der Waals surface area contributed by atoms with Gasteiger partial charge in [0.2, 0.25) is 0 Å². The first-order valence-electron chi connectivity index (χ1n) is 16.2. The van der Waals surface area contributed by atoms with E-state index in [9.17, 15) is 27.9 Å². The van der Waals surface area contributed by atoms with E-state index in [1.165, 1.54) is 12.1 Å². The Kier molecular flexibility index (Phi) is 10.6. The van der Waals surface area contributed by atoms with E-state index in [1.807, 2.05) is 84.9 Å². The zero-order valence-corrected chi connectivity index (χ0v) is 27.3. The van der Waals surface area contributed by atoms with Crippen molar-refractivity contribution < 1.29 is 32.3 Å². The smallest absolute Gasteiger partial charge is 0.439 e. The van der Waals surface area contributed by atoms with Crippen LogP contribution in [0.2, 0.25) is 0 Å². The molecule has 1 heterocycles. The normalized spacial score (nSPS) is 12.2. The molecule has 258 valence electrons. The average molecular weight is 691 g/mol. The molecule has 0 aliphatic rings. The second-order valence-electron chi connectivity index (χ2n) is 12.1. The lowest BCUT2D eigenvalue weighted by molar-refractivity contribution is -0.137. The van der Waals surface area contributed by atoms with Gasteiger partial charge < -0.3 is 9.84 Å². The van der Waals surface area contributed by atoms with Crippen molar-refractivity contribution in [3.8, 4) is 28.3 Å². The van der Waals surface area contributed by atoms with Crippen molar-refractivity contribution in [3.05, 3.63) is 171 Å². The molecule has 51 heavy (non-hydrogen) atoms. The number of halogens is 3. The number of rotatable bonds is 13. The van der Waals surface area contributed by atoms with Crippen LogP contribution in [0.1, 0.15) is 44.6 Å². The number of nitrogens with zero attached hydrogens (tertiary/aromatic N) is 1. The summed E-state index contributed by atoms with van der Waals surface area (Å²) in [6.45, 7) is 0.303. The number of carbonyl (C=O) groups is 1. The Balaban J connectivity index is 1.14. The summed E-state index contributed by atoms with van der Waals surface area (Å²) >= 11 is 0. The average Bonchev–Trinajstić information content (AvgIpc) is 3.58. The van der Waals surface area contributed by atoms with Gasteiger partial charge in [0.05, 0.1) is 11.1 Å². The quantitative estimate of drug-likeness (QED) is 0.125. The summed E-state index contributed by atoms with van der Waals surface area (Å²) in [5, 5.41) is 13.0. The highest BCUT2D eigenvalue weighted by atomic mass is 19.4. The van der Waals surface area contributed by atoms with E-state index < -0.39 is 23.5 Å². The lowest BCUT2D eigenvalue weighted by Crippen LogP contribution is -2.04. The molecule has 0 amide bonds. The van der Waals surface area contributed by atoms with Crippen molar-refractivity contribution in [2.45, 2.75) is 32.0 Å². The van der Waals surface area contributed by atoms with Gasteiger partial charge in [-0.05, 0) is 83.3 Å². The number of aromatic amines is 1.